The largest absolute Gasteiger partial charge is 0.379 e. The average molecular weight is 222 g/mol. The molecule has 4 heteroatoms. The lowest BCUT2D eigenvalue weighted by molar-refractivity contribution is 0.128. The van der Waals surface area contributed by atoms with Crippen LogP contribution >= 0.6 is 9.39 Å². The van der Waals surface area contributed by atoms with Crippen molar-refractivity contribution in [3.63, 3.8) is 0 Å². The first-order valence-corrected chi connectivity index (χ1v) is 6.19. The molecule has 1 rings (SSSR count). The van der Waals surface area contributed by atoms with Gasteiger partial charge < -0.3 is 10.1 Å². The van der Waals surface area contributed by atoms with Crippen LogP contribution in [0.3, 0.4) is 0 Å². The van der Waals surface area contributed by atoms with Crippen LogP contribution in [0.1, 0.15) is 28.1 Å². The lowest BCUT2D eigenvalue weighted by atomic mass is 10.3. The highest BCUT2D eigenvalue weighted by Gasteiger charge is 1.99. The Morgan fingerprint density at radius 1 is 1.14 bits per heavy atom. The number of hydrogen-bond acceptors (Lipinski definition) is 3. The quantitative estimate of drug-likeness (QED) is 0.632. The summed E-state index contributed by atoms with van der Waals surface area (Å²) in [4.78, 5) is 0. The Morgan fingerprint density at radius 3 is 2.71 bits per heavy atom. The van der Waals surface area contributed by atoms with Gasteiger partial charge >= 0.3 is 0 Å². The molecule has 0 radical (unpaired) electrons. The number of nitrogens with zero attached hydrogens (tertiary/aromatic N) is 1. The smallest absolute Gasteiger partial charge is 0.0597 e. The van der Waals surface area contributed by atoms with Crippen LogP contribution in [0.25, 0.3) is 0 Å². The fraction of sp³-hybridized carbons (Fsp3) is 1.00. The maximum atomic E-state index is 5.42. The molecule has 0 aromatic heterocycles. The zero-order chi connectivity index (χ0) is 10.6. The van der Waals surface area contributed by atoms with Crippen LogP contribution in [-0.2, 0) is 4.74 Å². The maximum absolute atomic E-state index is 5.42. The molecule has 1 saturated heterocycles. The predicted molar refractivity (Wildman–Crippen MR) is 67.7 cm³/mol. The summed E-state index contributed by atoms with van der Waals surface area (Å²) in [6, 6.07) is 0. The molecule has 0 aromatic carbocycles. The van der Waals surface area contributed by atoms with E-state index in [-0.39, 0.29) is 1.43 Å². The molecule has 1 aliphatic heterocycles. The van der Waals surface area contributed by atoms with E-state index in [2.05, 4.69) is 19.4 Å². The van der Waals surface area contributed by atoms with Crippen molar-refractivity contribution in [2.45, 2.75) is 26.7 Å². The second kappa shape index (κ2) is 11.4. The molecule has 0 amide bonds. The van der Waals surface area contributed by atoms with Gasteiger partial charge in [-0.25, -0.2) is 0 Å². The topological polar surface area (TPSA) is 24.5 Å². The van der Waals surface area contributed by atoms with Crippen LogP contribution in [0.4, 0.5) is 0 Å². The van der Waals surface area contributed by atoms with Gasteiger partial charge in [-0.3, -0.25) is 4.67 Å². The van der Waals surface area contributed by atoms with Gasteiger partial charge in [0.1, 0.15) is 0 Å². The van der Waals surface area contributed by atoms with E-state index in [4.69, 9.17) is 4.74 Å². The standard InChI is InChI=1S/C8H19N2OP.C2H6.H2/c12-10-5-2-1-3-9-4-7-11-8-6-10;1-2;/h9H,1-8,12H2;1-2H3;1H. The second-order valence-corrected chi connectivity index (χ2v) is 3.84. The molecule has 1 fully saturated rings. The van der Waals surface area contributed by atoms with Crippen LogP contribution in [-0.4, -0.2) is 44.1 Å². The van der Waals surface area contributed by atoms with Gasteiger partial charge in [0, 0.05) is 21.1 Å². The van der Waals surface area contributed by atoms with E-state index in [9.17, 15) is 0 Å². The first kappa shape index (κ1) is 14.3. The second-order valence-electron chi connectivity index (χ2n) is 3.11. The molecule has 1 N–H and O–H groups in total. The number of rotatable bonds is 0. The van der Waals surface area contributed by atoms with Crippen LogP contribution < -0.4 is 5.32 Å². The summed E-state index contributed by atoms with van der Waals surface area (Å²) in [6.45, 7) is 10.0. The molecule has 1 heterocycles. The maximum Gasteiger partial charge on any atom is 0.0597 e. The molecule has 0 spiro atoms. The predicted octanol–water partition coefficient (Wildman–Crippen LogP) is 1.75. The third kappa shape index (κ3) is 8.89. The minimum absolute atomic E-state index is 0. The summed E-state index contributed by atoms with van der Waals surface area (Å²) >= 11 is 0. The van der Waals surface area contributed by atoms with Crippen molar-refractivity contribution in [1.29, 1.82) is 0 Å². The molecule has 14 heavy (non-hydrogen) atoms. The van der Waals surface area contributed by atoms with E-state index in [1.807, 2.05) is 13.8 Å². The summed E-state index contributed by atoms with van der Waals surface area (Å²) in [5, 5.41) is 3.35. The number of ether oxygens (including phenoxy) is 1. The van der Waals surface area contributed by atoms with Crippen LogP contribution in [0, 0.1) is 0 Å². The number of nitrogens with one attached hydrogen (secondary N) is 1. The van der Waals surface area contributed by atoms with Crippen LogP contribution in [0.5, 0.6) is 0 Å². The summed E-state index contributed by atoms with van der Waals surface area (Å²) in [6.07, 6.45) is 2.54. The zero-order valence-corrected chi connectivity index (χ0v) is 10.7. The van der Waals surface area contributed by atoms with Gasteiger partial charge in [-0.1, -0.05) is 23.2 Å². The molecule has 0 bridgehead atoms. The SMILES string of the molecule is CC.PN1CCCCNCCOCC1.[HH]. The van der Waals surface area contributed by atoms with Crippen molar-refractivity contribution in [2.75, 3.05) is 39.4 Å². The molecule has 3 nitrogen and oxygen atoms in total. The van der Waals surface area contributed by atoms with E-state index >= 15 is 0 Å². The molecule has 1 aliphatic rings. The minimum atomic E-state index is 0. The van der Waals surface area contributed by atoms with Gasteiger partial charge in [0.05, 0.1) is 13.2 Å². The molecular formula is C10H27N2OP. The van der Waals surface area contributed by atoms with E-state index in [1.54, 1.807) is 0 Å². The van der Waals surface area contributed by atoms with Crippen molar-refractivity contribution in [3.8, 4) is 0 Å². The normalized spacial score (nSPS) is 21.6. The Balaban J connectivity index is 0. The molecular weight excluding hydrogens is 195 g/mol. The molecule has 1 unspecified atom stereocenters. The highest BCUT2D eigenvalue weighted by Crippen LogP contribution is 2.01. The van der Waals surface area contributed by atoms with E-state index < -0.39 is 0 Å². The van der Waals surface area contributed by atoms with Crippen molar-refractivity contribution < 1.29 is 6.16 Å². The van der Waals surface area contributed by atoms with Gasteiger partial charge in [-0.05, 0) is 19.4 Å². The van der Waals surface area contributed by atoms with Gasteiger partial charge in [0.15, 0.2) is 0 Å². The first-order chi connectivity index (χ1) is 6.89. The molecule has 1 atom stereocenters. The van der Waals surface area contributed by atoms with Crippen molar-refractivity contribution in [3.05, 3.63) is 0 Å². The Bertz CT molecular complexity index is 108. The number of hydrogen-bond donors (Lipinski definition) is 1. The summed E-state index contributed by atoms with van der Waals surface area (Å²) < 4.78 is 7.67. The summed E-state index contributed by atoms with van der Waals surface area (Å²) in [7, 11) is 2.75. The minimum Gasteiger partial charge on any atom is -0.379 e. The molecule has 88 valence electrons. The van der Waals surface area contributed by atoms with Crippen molar-refractivity contribution in [2.24, 2.45) is 0 Å². The average Bonchev–Trinajstić information content (AvgIpc) is 2.27. The molecule has 0 aromatic rings. The zero-order valence-electron chi connectivity index (χ0n) is 9.59. The molecule has 0 saturated carbocycles. The lowest BCUT2D eigenvalue weighted by Crippen LogP contribution is -2.21. The van der Waals surface area contributed by atoms with Crippen molar-refractivity contribution >= 4 is 9.39 Å². The molecule has 0 aliphatic carbocycles. The highest BCUT2D eigenvalue weighted by molar-refractivity contribution is 7.13. The van der Waals surface area contributed by atoms with Crippen LogP contribution in [0.15, 0.2) is 0 Å². The van der Waals surface area contributed by atoms with E-state index in [0.717, 1.165) is 39.4 Å². The fourth-order valence-corrected chi connectivity index (χ4v) is 1.52. The summed E-state index contributed by atoms with van der Waals surface area (Å²) in [5.74, 6) is 0. The summed E-state index contributed by atoms with van der Waals surface area (Å²) in [5.41, 5.74) is 0. The third-order valence-electron chi connectivity index (χ3n) is 1.99. The van der Waals surface area contributed by atoms with E-state index in [1.165, 1.54) is 12.8 Å². The first-order valence-electron chi connectivity index (χ1n) is 5.68. The van der Waals surface area contributed by atoms with Gasteiger partial charge in [0.2, 0.25) is 0 Å². The Morgan fingerprint density at radius 2 is 1.93 bits per heavy atom. The third-order valence-corrected chi connectivity index (χ3v) is 2.51. The van der Waals surface area contributed by atoms with Gasteiger partial charge in [0.25, 0.3) is 0 Å². The lowest BCUT2D eigenvalue weighted by Gasteiger charge is -2.14. The van der Waals surface area contributed by atoms with E-state index in [0.29, 0.717) is 0 Å². The van der Waals surface area contributed by atoms with Gasteiger partial charge in [-0.15, -0.1) is 0 Å². The highest BCUT2D eigenvalue weighted by atomic mass is 31.0. The Hall–Kier alpha value is 0.310. The van der Waals surface area contributed by atoms with Crippen LogP contribution in [0.2, 0.25) is 0 Å². The monoisotopic (exact) mass is 222 g/mol. The fourth-order valence-electron chi connectivity index (χ4n) is 1.23. The Labute approximate surface area is 92.3 Å². The Kier molecular flexibility index (Phi) is 11.6. The van der Waals surface area contributed by atoms with Gasteiger partial charge in [-0.2, -0.15) is 0 Å². The van der Waals surface area contributed by atoms with Crippen molar-refractivity contribution in [1.82, 2.24) is 9.99 Å².